The van der Waals surface area contributed by atoms with Crippen LogP contribution in [0.1, 0.15) is 21.7 Å². The van der Waals surface area contributed by atoms with Crippen molar-refractivity contribution in [2.45, 2.75) is 13.8 Å². The summed E-state index contributed by atoms with van der Waals surface area (Å²) in [5.41, 5.74) is 6.46. The van der Waals surface area contributed by atoms with Crippen molar-refractivity contribution in [2.75, 3.05) is 11.1 Å². The van der Waals surface area contributed by atoms with Gasteiger partial charge >= 0.3 is 0 Å². The van der Waals surface area contributed by atoms with Crippen LogP contribution >= 0.6 is 0 Å². The Balaban J connectivity index is 2.35. The number of nitrogen functional groups attached to an aromatic ring is 1. The van der Waals surface area contributed by atoms with Crippen LogP contribution in [0.2, 0.25) is 0 Å². The minimum Gasteiger partial charge on any atom is -0.395 e. The van der Waals surface area contributed by atoms with Gasteiger partial charge in [0.25, 0.3) is 5.91 Å². The summed E-state index contributed by atoms with van der Waals surface area (Å²) in [5, 5.41) is 6.29. The van der Waals surface area contributed by atoms with Gasteiger partial charge in [0.05, 0.1) is 17.1 Å². The number of nitrogens with two attached hydrogens (primary N) is 1. The second kappa shape index (κ2) is 4.92. The number of amides is 1. The first-order chi connectivity index (χ1) is 9.31. The van der Waals surface area contributed by atoms with E-state index in [1.807, 2.05) is 0 Å². The highest BCUT2D eigenvalue weighted by atomic mass is 19.1. The summed E-state index contributed by atoms with van der Waals surface area (Å²) in [6.07, 6.45) is 0. The molecule has 0 spiro atoms. The molecule has 0 radical (unpaired) electrons. The van der Waals surface area contributed by atoms with Crippen LogP contribution < -0.4 is 11.1 Å². The van der Waals surface area contributed by atoms with Crippen molar-refractivity contribution in [3.8, 4) is 0 Å². The van der Waals surface area contributed by atoms with E-state index in [0.29, 0.717) is 5.69 Å². The van der Waals surface area contributed by atoms with Crippen molar-refractivity contribution in [2.24, 2.45) is 7.05 Å². The highest BCUT2D eigenvalue weighted by molar-refractivity contribution is 6.06. The smallest absolute Gasteiger partial charge is 0.276 e. The number of nitrogens with zero attached hydrogens (tertiary/aromatic N) is 2. The van der Waals surface area contributed by atoms with Crippen molar-refractivity contribution < 1.29 is 13.6 Å². The van der Waals surface area contributed by atoms with Crippen LogP contribution in [0.25, 0.3) is 0 Å². The lowest BCUT2D eigenvalue weighted by atomic mass is 10.2. The van der Waals surface area contributed by atoms with Gasteiger partial charge in [-0.25, -0.2) is 8.78 Å². The van der Waals surface area contributed by atoms with Gasteiger partial charge in [0, 0.05) is 13.1 Å². The molecular formula is C13H14F2N4O. The summed E-state index contributed by atoms with van der Waals surface area (Å²) in [6, 6.07) is 1.95. The number of hydrogen-bond acceptors (Lipinski definition) is 3. The Morgan fingerprint density at radius 1 is 1.30 bits per heavy atom. The number of halogens is 2. The predicted octanol–water partition coefficient (Wildman–Crippen LogP) is 2.15. The maximum Gasteiger partial charge on any atom is 0.276 e. The van der Waals surface area contributed by atoms with Gasteiger partial charge in [-0.3, -0.25) is 9.48 Å². The summed E-state index contributed by atoms with van der Waals surface area (Å²) in [6.45, 7) is 3.09. The minimum atomic E-state index is -0.713. The molecule has 1 aromatic heterocycles. The first kappa shape index (κ1) is 14.0. The molecule has 0 aliphatic heterocycles. The number of anilines is 2. The van der Waals surface area contributed by atoms with Crippen LogP contribution in [0.3, 0.4) is 0 Å². The SMILES string of the molecule is Cc1cc(F)c(NC(=O)c2c(N)c(C)nn2C)cc1F. The number of aromatic nitrogens is 2. The molecule has 3 N–H and O–H groups in total. The number of nitrogens with one attached hydrogen (secondary N) is 1. The lowest BCUT2D eigenvalue weighted by Gasteiger charge is -2.08. The van der Waals surface area contributed by atoms with E-state index >= 15 is 0 Å². The fraction of sp³-hybridized carbons (Fsp3) is 0.231. The molecule has 5 nitrogen and oxygen atoms in total. The van der Waals surface area contributed by atoms with Gasteiger partial charge in [0.15, 0.2) is 0 Å². The van der Waals surface area contributed by atoms with Crippen molar-refractivity contribution in [3.05, 3.63) is 40.7 Å². The molecule has 1 aromatic carbocycles. The van der Waals surface area contributed by atoms with Gasteiger partial charge in [0.1, 0.15) is 17.3 Å². The third kappa shape index (κ3) is 2.34. The molecule has 0 fully saturated rings. The largest absolute Gasteiger partial charge is 0.395 e. The van der Waals surface area contributed by atoms with Crippen LogP contribution in [-0.4, -0.2) is 15.7 Å². The third-order valence-corrected chi connectivity index (χ3v) is 2.98. The molecule has 0 saturated carbocycles. The standard InChI is InChI=1S/C13H14F2N4O/c1-6-4-9(15)10(5-8(6)14)17-13(20)12-11(16)7(2)18-19(12)3/h4-5H,16H2,1-3H3,(H,17,20). The molecule has 0 aliphatic rings. The first-order valence-corrected chi connectivity index (χ1v) is 5.87. The Hall–Kier alpha value is -2.44. The average Bonchev–Trinajstić information content (AvgIpc) is 2.60. The highest BCUT2D eigenvalue weighted by Crippen LogP contribution is 2.21. The molecule has 106 valence electrons. The number of aryl methyl sites for hydroxylation is 3. The van der Waals surface area contributed by atoms with Gasteiger partial charge in [-0.1, -0.05) is 0 Å². The predicted molar refractivity (Wildman–Crippen MR) is 71.4 cm³/mol. The monoisotopic (exact) mass is 280 g/mol. The number of carbonyl (C=O) groups excluding carboxylic acids is 1. The van der Waals surface area contributed by atoms with E-state index in [1.54, 1.807) is 14.0 Å². The zero-order valence-electron chi connectivity index (χ0n) is 11.3. The van der Waals surface area contributed by atoms with Gasteiger partial charge in [-0.05, 0) is 25.5 Å². The summed E-state index contributed by atoms with van der Waals surface area (Å²) < 4.78 is 28.4. The van der Waals surface area contributed by atoms with Crippen LogP contribution in [0.4, 0.5) is 20.2 Å². The summed E-state index contributed by atoms with van der Waals surface area (Å²) in [4.78, 5) is 12.1. The quantitative estimate of drug-likeness (QED) is 0.885. The fourth-order valence-corrected chi connectivity index (χ4v) is 1.87. The van der Waals surface area contributed by atoms with E-state index in [2.05, 4.69) is 10.4 Å². The molecule has 0 unspecified atom stereocenters. The summed E-state index contributed by atoms with van der Waals surface area (Å²) in [7, 11) is 1.55. The second-order valence-electron chi connectivity index (χ2n) is 4.51. The second-order valence-corrected chi connectivity index (χ2v) is 4.51. The van der Waals surface area contributed by atoms with Crippen molar-refractivity contribution in [1.29, 1.82) is 0 Å². The maximum absolute atomic E-state index is 13.7. The van der Waals surface area contributed by atoms with Gasteiger partial charge in [0.2, 0.25) is 0 Å². The molecule has 1 heterocycles. The Bertz CT molecular complexity index is 694. The first-order valence-electron chi connectivity index (χ1n) is 5.87. The zero-order chi connectivity index (χ0) is 15.0. The van der Waals surface area contributed by atoms with Gasteiger partial charge in [-0.15, -0.1) is 0 Å². The number of hydrogen-bond donors (Lipinski definition) is 2. The number of benzene rings is 1. The van der Waals surface area contributed by atoms with Gasteiger partial charge in [-0.2, -0.15) is 5.10 Å². The molecule has 0 bridgehead atoms. The minimum absolute atomic E-state index is 0.0999. The molecule has 7 heteroatoms. The molecular weight excluding hydrogens is 266 g/mol. The zero-order valence-corrected chi connectivity index (χ0v) is 11.3. The summed E-state index contributed by atoms with van der Waals surface area (Å²) >= 11 is 0. The average molecular weight is 280 g/mol. The van der Waals surface area contributed by atoms with E-state index in [9.17, 15) is 13.6 Å². The Morgan fingerprint density at radius 2 is 1.95 bits per heavy atom. The molecule has 0 aliphatic carbocycles. The van der Waals surface area contributed by atoms with Crippen LogP contribution in [-0.2, 0) is 7.05 Å². The van der Waals surface area contributed by atoms with Gasteiger partial charge < -0.3 is 11.1 Å². The maximum atomic E-state index is 13.7. The molecule has 0 atom stereocenters. The van der Waals surface area contributed by atoms with E-state index in [4.69, 9.17) is 5.73 Å². The summed E-state index contributed by atoms with van der Waals surface area (Å²) in [5.74, 6) is -1.96. The van der Waals surface area contributed by atoms with E-state index < -0.39 is 17.5 Å². The van der Waals surface area contributed by atoms with E-state index in [0.717, 1.165) is 12.1 Å². The van der Waals surface area contributed by atoms with Crippen LogP contribution in [0.15, 0.2) is 12.1 Å². The van der Waals surface area contributed by atoms with Crippen molar-refractivity contribution in [1.82, 2.24) is 9.78 Å². The Kier molecular flexibility index (Phi) is 3.44. The number of carbonyl (C=O) groups is 1. The van der Waals surface area contributed by atoms with E-state index in [1.165, 1.54) is 11.6 Å². The molecule has 1 amide bonds. The number of rotatable bonds is 2. The Morgan fingerprint density at radius 3 is 2.50 bits per heavy atom. The highest BCUT2D eigenvalue weighted by Gasteiger charge is 2.19. The molecule has 2 rings (SSSR count). The lowest BCUT2D eigenvalue weighted by molar-refractivity contribution is 0.101. The molecule has 2 aromatic rings. The topological polar surface area (TPSA) is 72.9 Å². The molecule has 20 heavy (non-hydrogen) atoms. The van der Waals surface area contributed by atoms with E-state index in [-0.39, 0.29) is 22.6 Å². The fourth-order valence-electron chi connectivity index (χ4n) is 1.87. The molecule has 0 saturated heterocycles. The van der Waals surface area contributed by atoms with Crippen LogP contribution in [0, 0.1) is 25.5 Å². The normalized spacial score (nSPS) is 10.7. The van der Waals surface area contributed by atoms with Crippen molar-refractivity contribution in [3.63, 3.8) is 0 Å². The Labute approximate surface area is 114 Å². The van der Waals surface area contributed by atoms with Crippen molar-refractivity contribution >= 4 is 17.3 Å². The third-order valence-electron chi connectivity index (χ3n) is 2.98. The van der Waals surface area contributed by atoms with Crippen LogP contribution in [0.5, 0.6) is 0 Å². The lowest BCUT2D eigenvalue weighted by Crippen LogP contribution is -2.18.